The number of carbonyl (C=O) groups excluding carboxylic acids is 5. The summed E-state index contributed by atoms with van der Waals surface area (Å²) in [5.74, 6) is -9.05. The molecule has 0 spiro atoms. The van der Waals surface area contributed by atoms with Gasteiger partial charge < -0.3 is 57.7 Å². The van der Waals surface area contributed by atoms with Gasteiger partial charge in [-0.05, 0) is 101 Å². The molecule has 19 heteroatoms. The number of methoxy groups -OCH3 is 3. The lowest BCUT2D eigenvalue weighted by Gasteiger charge is -2.50. The quantitative estimate of drug-likeness (QED) is 0.0605. The summed E-state index contributed by atoms with van der Waals surface area (Å²) in [5, 5.41) is 32.6. The Morgan fingerprint density at radius 1 is 0.851 bits per heavy atom. The van der Waals surface area contributed by atoms with E-state index in [0.29, 0.717) is 69.8 Å². The first-order valence-electron chi connectivity index (χ1n) is 26.7. The highest BCUT2D eigenvalue weighted by atomic mass is 31.2. The second-order valence-corrected chi connectivity index (χ2v) is 23.5. The van der Waals surface area contributed by atoms with Crippen LogP contribution in [0.4, 0.5) is 0 Å². The van der Waals surface area contributed by atoms with E-state index in [1.807, 2.05) is 44.2 Å². The summed E-state index contributed by atoms with van der Waals surface area (Å²) in [5.41, 5.74) is 1.23. The van der Waals surface area contributed by atoms with Gasteiger partial charge >= 0.3 is 13.6 Å². The first kappa shape index (κ1) is 61.6. The Labute approximate surface area is 438 Å². The second kappa shape index (κ2) is 28.4. The van der Waals surface area contributed by atoms with Crippen LogP contribution in [0.25, 0.3) is 0 Å². The number of hydrogen-bond acceptors (Lipinski definition) is 17. The van der Waals surface area contributed by atoms with Gasteiger partial charge in [-0.25, -0.2) is 4.79 Å². The van der Waals surface area contributed by atoms with Gasteiger partial charge in [0.05, 0.1) is 50.8 Å². The number of hydrogen-bond donors (Lipinski definition) is 3. The molecule has 418 valence electrons. The second-order valence-electron chi connectivity index (χ2n) is 21.5. The van der Waals surface area contributed by atoms with Crippen molar-refractivity contribution in [2.24, 2.45) is 41.4 Å². The Morgan fingerprint density at radius 2 is 1.59 bits per heavy atom. The van der Waals surface area contributed by atoms with Gasteiger partial charge in [0.15, 0.2) is 5.78 Å². The van der Waals surface area contributed by atoms with E-state index < -0.39 is 109 Å². The maximum absolute atomic E-state index is 14.6. The molecular formula is C55H86NO17P. The van der Waals surface area contributed by atoms with Crippen LogP contribution in [0.3, 0.4) is 0 Å². The molecule has 1 aliphatic carbocycles. The van der Waals surface area contributed by atoms with E-state index >= 15 is 0 Å². The molecule has 74 heavy (non-hydrogen) atoms. The highest BCUT2D eigenvalue weighted by Gasteiger charge is 2.57. The van der Waals surface area contributed by atoms with Crippen molar-refractivity contribution in [1.29, 1.82) is 0 Å². The molecule has 17 atom stereocenters. The third kappa shape index (κ3) is 15.9. The average Bonchev–Trinajstić information content (AvgIpc) is 3.36. The third-order valence-electron chi connectivity index (χ3n) is 16.0. The van der Waals surface area contributed by atoms with Crippen molar-refractivity contribution in [3.05, 3.63) is 47.6 Å². The number of aliphatic hydroxyl groups excluding tert-OH is 2. The van der Waals surface area contributed by atoms with Crippen molar-refractivity contribution < 1.29 is 81.3 Å². The number of ether oxygens (including phenoxy) is 6. The molecule has 4 bridgehead atoms. The van der Waals surface area contributed by atoms with Crippen molar-refractivity contribution in [2.75, 3.05) is 61.0 Å². The SMILES string of the molecule is CO[C@H]1C[C@@H]2CC[C@@H](C)[C@@](O)(O2)C(=O)C(=O)N2CCC[C@@H]3C(C[C@@H]4CC[C@@H](OP(C)(=O)OCCOCCO)[C@H](OC)C4)[C@H](CC(=O)C(C)/C=C(\C)[C@@H](O)[C@@H](OC)C(=O)[C@H](C)C[C@H](C)/C=C/C=C/C=C1C)OC(=O)C32. The van der Waals surface area contributed by atoms with E-state index in [4.69, 9.17) is 42.6 Å². The lowest BCUT2D eigenvalue weighted by Crippen LogP contribution is -2.65. The zero-order valence-corrected chi connectivity index (χ0v) is 46.3. The predicted octanol–water partition coefficient (Wildman–Crippen LogP) is 6.27. The Morgan fingerprint density at radius 3 is 2.28 bits per heavy atom. The van der Waals surface area contributed by atoms with E-state index in [0.717, 1.165) is 5.57 Å². The number of carbonyl (C=O) groups is 5. The van der Waals surface area contributed by atoms with Gasteiger partial charge in [0, 0.05) is 71.1 Å². The van der Waals surface area contributed by atoms with Crippen LogP contribution < -0.4 is 0 Å². The molecule has 4 unspecified atom stereocenters. The lowest BCUT2D eigenvalue weighted by molar-refractivity contribution is -0.266. The molecule has 4 fully saturated rings. The average molecular weight is 1060 g/mol. The summed E-state index contributed by atoms with van der Waals surface area (Å²) in [6.45, 7) is 12.2. The maximum atomic E-state index is 14.6. The summed E-state index contributed by atoms with van der Waals surface area (Å²) in [6.07, 6.45) is 9.89. The van der Waals surface area contributed by atoms with Crippen LogP contribution in [-0.2, 0) is 66.0 Å². The van der Waals surface area contributed by atoms with Crippen molar-refractivity contribution in [3.63, 3.8) is 0 Å². The van der Waals surface area contributed by atoms with Gasteiger partial charge in [0.2, 0.25) is 5.79 Å². The fraction of sp³-hybridized carbons (Fsp3) is 0.764. The standard InChI is InChI=1S/C55H86NO17P/c1-33-15-12-11-13-16-34(2)45(66-7)31-40-20-18-38(6)55(64,72-40)52(61)53(62)56-22-14-17-41-42(29-39-19-21-44(47(30-39)67-8)73-74(10,65)70-26-25-69-24-23-57)46(71-54(63)48(41)56)32-43(58)35(3)28-37(5)50(60)51(68-9)49(59)36(4)27-33/h11-13,15-16,28,33,35-36,38-42,44-48,50-51,57,60,64H,14,17-27,29-32H2,1-10H3/b13-11+,15-12+,34-16?,37-28+/t33-,35?,36-,38-,39+,40+,41-,42?,44-,45+,46+,47-,48?,50-,51+,55-,74?/m1/s1. The summed E-state index contributed by atoms with van der Waals surface area (Å²) in [7, 11) is 0.945. The number of esters is 1. The molecule has 3 saturated heterocycles. The number of rotatable bonds is 13. The zero-order chi connectivity index (χ0) is 54.5. The lowest BCUT2D eigenvalue weighted by atomic mass is 9.68. The van der Waals surface area contributed by atoms with E-state index in [2.05, 4.69) is 0 Å². The molecule has 0 radical (unpaired) electrons. The fourth-order valence-electron chi connectivity index (χ4n) is 11.7. The monoisotopic (exact) mass is 1060 g/mol. The number of Topliss-reactive ketones (excluding diaryl/α,β-unsaturated/α-hetero) is 3. The van der Waals surface area contributed by atoms with Crippen LogP contribution in [0.15, 0.2) is 47.6 Å². The van der Waals surface area contributed by atoms with Crippen molar-refractivity contribution in [2.45, 2.75) is 167 Å². The Hall–Kier alpha value is -3.26. The minimum absolute atomic E-state index is 0.000759. The number of fused-ring (bicyclic) bond motifs is 4. The summed E-state index contributed by atoms with van der Waals surface area (Å²) in [4.78, 5) is 72.9. The first-order valence-corrected chi connectivity index (χ1v) is 28.7. The number of nitrogens with zero attached hydrogens (tertiary/aromatic N) is 1. The molecule has 4 aliphatic heterocycles. The van der Waals surface area contributed by atoms with Gasteiger partial charge in [-0.15, -0.1) is 0 Å². The van der Waals surface area contributed by atoms with E-state index in [1.54, 1.807) is 48.0 Å². The molecular weight excluding hydrogens is 978 g/mol. The molecule has 18 nitrogen and oxygen atoms in total. The van der Waals surface area contributed by atoms with Gasteiger partial charge in [0.25, 0.3) is 11.7 Å². The molecule has 3 N–H and O–H groups in total. The van der Waals surface area contributed by atoms with Gasteiger partial charge in [-0.3, -0.25) is 23.7 Å². The third-order valence-corrected chi connectivity index (χ3v) is 17.3. The number of piperidine rings is 1. The molecule has 0 aromatic carbocycles. The van der Waals surface area contributed by atoms with E-state index in [-0.39, 0.29) is 62.8 Å². The van der Waals surface area contributed by atoms with Crippen LogP contribution in [0, 0.1) is 41.4 Å². The Kier molecular flexibility index (Phi) is 23.6. The minimum atomic E-state index is -3.54. The zero-order valence-electron chi connectivity index (χ0n) is 45.4. The van der Waals surface area contributed by atoms with Crippen LogP contribution in [0.1, 0.15) is 112 Å². The van der Waals surface area contributed by atoms with Crippen molar-refractivity contribution >= 4 is 36.8 Å². The predicted molar refractivity (Wildman–Crippen MR) is 275 cm³/mol. The van der Waals surface area contributed by atoms with E-state index in [9.17, 15) is 38.8 Å². The molecule has 1 saturated carbocycles. The van der Waals surface area contributed by atoms with Gasteiger partial charge in [0.1, 0.15) is 30.1 Å². The number of ketones is 3. The molecule has 5 aliphatic rings. The Balaban J connectivity index is 1.48. The van der Waals surface area contributed by atoms with Gasteiger partial charge in [-0.2, -0.15) is 0 Å². The summed E-state index contributed by atoms with van der Waals surface area (Å²) >= 11 is 0. The van der Waals surface area contributed by atoms with Crippen LogP contribution in [0.5, 0.6) is 0 Å². The van der Waals surface area contributed by atoms with Crippen LogP contribution in [0.2, 0.25) is 0 Å². The molecule has 1 amide bonds. The molecule has 0 aromatic rings. The highest BCUT2D eigenvalue weighted by molar-refractivity contribution is 7.53. The van der Waals surface area contributed by atoms with Crippen molar-refractivity contribution in [3.8, 4) is 0 Å². The fourth-order valence-corrected chi connectivity index (χ4v) is 12.9. The first-order chi connectivity index (χ1) is 35.1. The largest absolute Gasteiger partial charge is 0.460 e. The van der Waals surface area contributed by atoms with Crippen LogP contribution in [-0.4, -0.2) is 165 Å². The number of amides is 1. The van der Waals surface area contributed by atoms with Crippen molar-refractivity contribution in [1.82, 2.24) is 4.90 Å². The van der Waals surface area contributed by atoms with Crippen LogP contribution >= 0.6 is 7.60 Å². The Bertz CT molecular complexity index is 2090. The molecule has 0 aromatic heterocycles. The summed E-state index contributed by atoms with van der Waals surface area (Å²) in [6, 6.07) is -1.19. The maximum Gasteiger partial charge on any atom is 0.329 e. The number of allylic oxidation sites excluding steroid dienone is 6. The number of aliphatic hydroxyl groups is 3. The molecule has 4 heterocycles. The summed E-state index contributed by atoms with van der Waals surface area (Å²) < 4.78 is 60.1. The minimum Gasteiger partial charge on any atom is -0.460 e. The highest BCUT2D eigenvalue weighted by Crippen LogP contribution is 2.50. The molecule has 5 rings (SSSR count). The normalized spacial score (nSPS) is 39.1. The van der Waals surface area contributed by atoms with Gasteiger partial charge in [-0.1, -0.05) is 64.2 Å². The van der Waals surface area contributed by atoms with E-state index in [1.165, 1.54) is 18.7 Å². The smallest absolute Gasteiger partial charge is 0.329 e. The topological polar surface area (TPSA) is 240 Å².